The van der Waals surface area contributed by atoms with Gasteiger partial charge in [0.15, 0.2) is 0 Å². The molecule has 5 rings (SSSR count). The van der Waals surface area contributed by atoms with Crippen molar-refractivity contribution in [1.29, 1.82) is 0 Å². The molecule has 0 spiro atoms. The van der Waals surface area contributed by atoms with Crippen molar-refractivity contribution in [1.82, 2.24) is 15.2 Å². The first-order chi connectivity index (χ1) is 15.2. The molecule has 1 atom stereocenters. The maximum atomic E-state index is 6.45. The van der Waals surface area contributed by atoms with Gasteiger partial charge in [0.05, 0.1) is 11.7 Å². The molecule has 0 aliphatic carbocycles. The van der Waals surface area contributed by atoms with E-state index < -0.39 is 0 Å². The number of pyridine rings is 1. The highest BCUT2D eigenvalue weighted by Gasteiger charge is 2.16. The predicted octanol–water partition coefficient (Wildman–Crippen LogP) is 5.56. The molecule has 0 saturated heterocycles. The Morgan fingerprint density at radius 3 is 2.71 bits per heavy atom. The second-order valence-electron chi connectivity index (χ2n) is 7.74. The number of ether oxygens (including phenoxy) is 1. The van der Waals surface area contributed by atoms with Crippen LogP contribution in [0.2, 0.25) is 0 Å². The Balaban J connectivity index is 1.50. The Bertz CT molecular complexity index is 1350. The summed E-state index contributed by atoms with van der Waals surface area (Å²) in [7, 11) is 0. The van der Waals surface area contributed by atoms with Gasteiger partial charge in [-0.1, -0.05) is 48.5 Å². The molecule has 3 N–H and O–H groups in total. The molecule has 0 aliphatic heterocycles. The molecular weight excluding hydrogens is 384 g/mol. The molecule has 2 heterocycles. The van der Waals surface area contributed by atoms with Crippen molar-refractivity contribution >= 4 is 21.7 Å². The number of nitrogens with zero attached hydrogens (tertiary/aromatic N) is 2. The molecule has 0 saturated carbocycles. The third kappa shape index (κ3) is 3.76. The van der Waals surface area contributed by atoms with Gasteiger partial charge in [-0.3, -0.25) is 10.1 Å². The van der Waals surface area contributed by atoms with E-state index >= 15 is 0 Å². The molecule has 5 aromatic rings. The summed E-state index contributed by atoms with van der Waals surface area (Å²) in [6.45, 7) is 2.57. The molecule has 5 nitrogen and oxygen atoms in total. The van der Waals surface area contributed by atoms with E-state index in [2.05, 4.69) is 69.8 Å². The summed E-state index contributed by atoms with van der Waals surface area (Å²) < 4.78 is 6.45. The standard InChI is InChI=1S/C26H24N4O/c1-17-24-14-19(9-10-25(24)30-29-17)20-13-21(16-28-15-20)31-26(11-12-27)23-8-4-6-18-5-2-3-7-22(18)23/h2-10,13-16,26H,11-12,27H2,1H3,(H,29,30)/t26-/m0/s1. The largest absolute Gasteiger partial charge is 0.484 e. The maximum Gasteiger partial charge on any atom is 0.139 e. The number of benzene rings is 3. The first-order valence-corrected chi connectivity index (χ1v) is 10.5. The Morgan fingerprint density at radius 1 is 0.935 bits per heavy atom. The molecule has 0 unspecified atom stereocenters. The van der Waals surface area contributed by atoms with Gasteiger partial charge in [0, 0.05) is 34.8 Å². The van der Waals surface area contributed by atoms with Crippen molar-refractivity contribution < 1.29 is 4.74 Å². The molecule has 0 amide bonds. The molecule has 3 aromatic carbocycles. The molecule has 0 bridgehead atoms. The van der Waals surface area contributed by atoms with Gasteiger partial charge in [-0.15, -0.1) is 0 Å². The number of hydrogen-bond acceptors (Lipinski definition) is 4. The molecule has 0 radical (unpaired) electrons. The molecule has 154 valence electrons. The predicted molar refractivity (Wildman–Crippen MR) is 125 cm³/mol. The minimum Gasteiger partial charge on any atom is -0.484 e. The average Bonchev–Trinajstić information content (AvgIpc) is 3.19. The lowest BCUT2D eigenvalue weighted by Gasteiger charge is -2.21. The van der Waals surface area contributed by atoms with Crippen LogP contribution in [0.4, 0.5) is 0 Å². The van der Waals surface area contributed by atoms with Crippen LogP contribution in [0, 0.1) is 6.92 Å². The molecule has 0 aliphatic rings. The normalized spacial score (nSPS) is 12.3. The third-order valence-electron chi connectivity index (χ3n) is 5.67. The number of nitrogens with two attached hydrogens (primary N) is 1. The third-order valence-corrected chi connectivity index (χ3v) is 5.67. The fourth-order valence-corrected chi connectivity index (χ4v) is 4.08. The van der Waals surface area contributed by atoms with Crippen LogP contribution in [-0.2, 0) is 0 Å². The molecule has 0 fully saturated rings. The van der Waals surface area contributed by atoms with Crippen LogP contribution in [0.15, 0.2) is 79.1 Å². The van der Waals surface area contributed by atoms with Crippen LogP contribution < -0.4 is 10.5 Å². The fourth-order valence-electron chi connectivity index (χ4n) is 4.08. The summed E-state index contributed by atoms with van der Waals surface area (Å²) in [5, 5.41) is 10.8. The van der Waals surface area contributed by atoms with E-state index in [1.165, 1.54) is 10.8 Å². The molecule has 2 aromatic heterocycles. The monoisotopic (exact) mass is 408 g/mol. The van der Waals surface area contributed by atoms with E-state index in [-0.39, 0.29) is 6.10 Å². The Morgan fingerprint density at radius 2 is 1.81 bits per heavy atom. The summed E-state index contributed by atoms with van der Waals surface area (Å²) in [6.07, 6.45) is 4.20. The van der Waals surface area contributed by atoms with E-state index in [0.29, 0.717) is 6.54 Å². The van der Waals surface area contributed by atoms with Gasteiger partial charge in [0.25, 0.3) is 0 Å². The van der Waals surface area contributed by atoms with Gasteiger partial charge in [-0.05, 0) is 48.0 Å². The van der Waals surface area contributed by atoms with Gasteiger partial charge < -0.3 is 10.5 Å². The number of nitrogens with one attached hydrogen (secondary N) is 1. The molecule has 31 heavy (non-hydrogen) atoms. The van der Waals surface area contributed by atoms with E-state index in [4.69, 9.17) is 10.5 Å². The van der Waals surface area contributed by atoms with E-state index in [1.54, 1.807) is 6.20 Å². The fraction of sp³-hybridized carbons (Fsp3) is 0.154. The lowest BCUT2D eigenvalue weighted by molar-refractivity contribution is 0.198. The Labute approximate surface area is 180 Å². The minimum atomic E-state index is -0.147. The van der Waals surface area contributed by atoms with Crippen molar-refractivity contribution in [3.05, 3.63) is 90.4 Å². The van der Waals surface area contributed by atoms with E-state index in [9.17, 15) is 0 Å². The Kier molecular flexibility index (Phi) is 5.10. The minimum absolute atomic E-state index is 0.147. The van der Waals surface area contributed by atoms with Crippen LogP contribution in [0.25, 0.3) is 32.8 Å². The maximum absolute atomic E-state index is 6.45. The highest BCUT2D eigenvalue weighted by molar-refractivity contribution is 5.87. The van der Waals surface area contributed by atoms with Gasteiger partial charge in [-0.25, -0.2) is 0 Å². The number of fused-ring (bicyclic) bond motifs is 2. The zero-order chi connectivity index (χ0) is 21.2. The highest BCUT2D eigenvalue weighted by Crippen LogP contribution is 2.32. The second kappa shape index (κ2) is 8.20. The summed E-state index contributed by atoms with van der Waals surface area (Å²) in [5.41, 5.74) is 11.2. The van der Waals surface area contributed by atoms with Crippen LogP contribution in [-0.4, -0.2) is 21.7 Å². The number of H-pyrrole nitrogens is 1. The molecular formula is C26H24N4O. The first-order valence-electron chi connectivity index (χ1n) is 10.5. The summed E-state index contributed by atoms with van der Waals surface area (Å²) in [4.78, 5) is 4.44. The lowest BCUT2D eigenvalue weighted by atomic mass is 9.98. The lowest BCUT2D eigenvalue weighted by Crippen LogP contribution is -2.14. The van der Waals surface area contributed by atoms with Crippen molar-refractivity contribution in [3.8, 4) is 16.9 Å². The topological polar surface area (TPSA) is 76.8 Å². The van der Waals surface area contributed by atoms with Crippen LogP contribution in [0.1, 0.15) is 23.8 Å². The Hall–Kier alpha value is -3.70. The van der Waals surface area contributed by atoms with Crippen molar-refractivity contribution in [2.45, 2.75) is 19.4 Å². The van der Waals surface area contributed by atoms with E-state index in [0.717, 1.165) is 45.5 Å². The van der Waals surface area contributed by atoms with Crippen LogP contribution in [0.3, 0.4) is 0 Å². The molecule has 5 heteroatoms. The summed E-state index contributed by atoms with van der Waals surface area (Å²) in [5.74, 6) is 0.730. The SMILES string of the molecule is Cc1[nH]nc2ccc(-c3cncc(O[C@@H](CCN)c4cccc5ccccc45)c3)cc12. The highest BCUT2D eigenvalue weighted by atomic mass is 16.5. The number of aryl methyl sites for hydroxylation is 1. The summed E-state index contributed by atoms with van der Waals surface area (Å²) >= 11 is 0. The number of hydrogen-bond donors (Lipinski definition) is 2. The zero-order valence-corrected chi connectivity index (χ0v) is 17.4. The van der Waals surface area contributed by atoms with Crippen molar-refractivity contribution in [2.75, 3.05) is 6.54 Å². The smallest absolute Gasteiger partial charge is 0.139 e. The van der Waals surface area contributed by atoms with Crippen LogP contribution >= 0.6 is 0 Å². The number of aromatic nitrogens is 3. The summed E-state index contributed by atoms with van der Waals surface area (Å²) in [6, 6.07) is 22.9. The van der Waals surface area contributed by atoms with Crippen molar-refractivity contribution in [2.24, 2.45) is 5.73 Å². The van der Waals surface area contributed by atoms with Crippen molar-refractivity contribution in [3.63, 3.8) is 0 Å². The zero-order valence-electron chi connectivity index (χ0n) is 17.4. The van der Waals surface area contributed by atoms with E-state index in [1.807, 2.05) is 25.3 Å². The van der Waals surface area contributed by atoms with Gasteiger partial charge in [-0.2, -0.15) is 5.10 Å². The van der Waals surface area contributed by atoms with Gasteiger partial charge >= 0.3 is 0 Å². The quantitative estimate of drug-likeness (QED) is 0.386. The number of aromatic amines is 1. The first kappa shape index (κ1) is 19.3. The van der Waals surface area contributed by atoms with Gasteiger partial charge in [0.1, 0.15) is 11.9 Å². The second-order valence-corrected chi connectivity index (χ2v) is 7.74. The van der Waals surface area contributed by atoms with Crippen LogP contribution in [0.5, 0.6) is 5.75 Å². The number of rotatable bonds is 6. The van der Waals surface area contributed by atoms with Gasteiger partial charge in [0.2, 0.25) is 0 Å². The average molecular weight is 409 g/mol.